The third-order valence-electron chi connectivity index (χ3n) is 3.93. The van der Waals surface area contributed by atoms with Gasteiger partial charge in [-0.25, -0.2) is 0 Å². The van der Waals surface area contributed by atoms with E-state index in [-0.39, 0.29) is 0 Å². The molecule has 0 aromatic heterocycles. The van der Waals surface area contributed by atoms with Crippen LogP contribution in [0.25, 0.3) is 11.6 Å². The lowest BCUT2D eigenvalue weighted by Gasteiger charge is -2.19. The van der Waals surface area contributed by atoms with E-state index < -0.39 is 0 Å². The zero-order valence-electron chi connectivity index (χ0n) is 13.7. The minimum atomic E-state index is 0.567. The van der Waals surface area contributed by atoms with Crippen molar-refractivity contribution >= 4 is 11.6 Å². The van der Waals surface area contributed by atoms with E-state index in [0.717, 1.165) is 47.8 Å². The van der Waals surface area contributed by atoms with E-state index in [9.17, 15) is 0 Å². The van der Waals surface area contributed by atoms with Crippen molar-refractivity contribution < 1.29 is 14.2 Å². The Kier molecular flexibility index (Phi) is 4.86. The van der Waals surface area contributed by atoms with E-state index in [0.29, 0.717) is 6.61 Å². The Morgan fingerprint density at radius 3 is 2.57 bits per heavy atom. The molecular weight excluding hydrogens is 288 g/mol. The molecule has 0 bridgehead atoms. The molecule has 3 nitrogen and oxygen atoms in total. The molecule has 0 atom stereocenters. The van der Waals surface area contributed by atoms with Crippen molar-refractivity contribution in [1.82, 2.24) is 0 Å². The molecular formula is C20H22O3. The quantitative estimate of drug-likeness (QED) is 0.717. The minimum Gasteiger partial charge on any atom is -0.497 e. The number of ether oxygens (including phenoxy) is 3. The molecule has 23 heavy (non-hydrogen) atoms. The average Bonchev–Trinajstić information content (AvgIpc) is 2.61. The van der Waals surface area contributed by atoms with E-state index in [4.69, 9.17) is 14.2 Å². The van der Waals surface area contributed by atoms with Crippen LogP contribution in [0, 0.1) is 0 Å². The van der Waals surface area contributed by atoms with Crippen LogP contribution in [0.4, 0.5) is 0 Å². The lowest BCUT2D eigenvalue weighted by Crippen LogP contribution is -2.07. The first-order valence-electron chi connectivity index (χ1n) is 8.05. The first-order chi connectivity index (χ1) is 11.3. The molecule has 0 aliphatic carbocycles. The Bertz CT molecular complexity index is 687. The maximum atomic E-state index is 5.91. The molecule has 3 rings (SSSR count). The lowest BCUT2D eigenvalue weighted by molar-refractivity contribution is 0.305. The zero-order valence-corrected chi connectivity index (χ0v) is 13.7. The summed E-state index contributed by atoms with van der Waals surface area (Å²) in [4.78, 5) is 0. The van der Waals surface area contributed by atoms with E-state index in [1.807, 2.05) is 24.3 Å². The number of hydrogen-bond donors (Lipinski definition) is 0. The Balaban J connectivity index is 1.77. The minimum absolute atomic E-state index is 0.567. The molecule has 0 amide bonds. The van der Waals surface area contributed by atoms with Crippen LogP contribution in [0.15, 0.2) is 42.5 Å². The van der Waals surface area contributed by atoms with Crippen LogP contribution in [-0.2, 0) is 0 Å². The van der Waals surface area contributed by atoms with Gasteiger partial charge in [0.05, 0.1) is 13.7 Å². The van der Waals surface area contributed by atoms with Crippen LogP contribution in [-0.4, -0.2) is 20.3 Å². The second-order valence-electron chi connectivity index (χ2n) is 5.59. The number of hydrogen-bond acceptors (Lipinski definition) is 3. The fraction of sp³-hybridized carbons (Fsp3) is 0.300. The first-order valence-corrected chi connectivity index (χ1v) is 8.05. The van der Waals surface area contributed by atoms with Crippen molar-refractivity contribution in [2.45, 2.75) is 19.8 Å². The van der Waals surface area contributed by atoms with Crippen molar-refractivity contribution in [3.63, 3.8) is 0 Å². The van der Waals surface area contributed by atoms with Gasteiger partial charge in [0.25, 0.3) is 0 Å². The number of unbranched alkanes of at least 4 members (excludes halogenated alkanes) is 1. The molecule has 2 aromatic rings. The highest BCUT2D eigenvalue weighted by atomic mass is 16.5. The summed E-state index contributed by atoms with van der Waals surface area (Å²) in [5.74, 6) is 2.62. The maximum absolute atomic E-state index is 5.91. The van der Waals surface area contributed by atoms with Gasteiger partial charge in [-0.1, -0.05) is 25.5 Å². The molecule has 2 aromatic carbocycles. The van der Waals surface area contributed by atoms with Gasteiger partial charge in [-0.3, -0.25) is 0 Å². The van der Waals surface area contributed by atoms with E-state index >= 15 is 0 Å². The average molecular weight is 310 g/mol. The van der Waals surface area contributed by atoms with Crippen LogP contribution in [0.2, 0.25) is 0 Å². The van der Waals surface area contributed by atoms with Crippen molar-refractivity contribution in [3.05, 3.63) is 53.6 Å². The van der Waals surface area contributed by atoms with Gasteiger partial charge >= 0.3 is 0 Å². The van der Waals surface area contributed by atoms with Gasteiger partial charge in [0.15, 0.2) is 0 Å². The summed E-state index contributed by atoms with van der Waals surface area (Å²) in [6.45, 7) is 3.48. The van der Waals surface area contributed by atoms with Gasteiger partial charge in [0.2, 0.25) is 0 Å². The Hall–Kier alpha value is -2.42. The predicted octanol–water partition coefficient (Wildman–Crippen LogP) is 4.81. The van der Waals surface area contributed by atoms with Gasteiger partial charge in [0.1, 0.15) is 23.9 Å². The Labute approximate surface area is 137 Å². The third kappa shape index (κ3) is 3.67. The highest BCUT2D eigenvalue weighted by Gasteiger charge is 2.14. The van der Waals surface area contributed by atoms with Crippen LogP contribution < -0.4 is 14.2 Å². The van der Waals surface area contributed by atoms with Crippen molar-refractivity contribution in [2.75, 3.05) is 20.3 Å². The predicted molar refractivity (Wildman–Crippen MR) is 93.2 cm³/mol. The van der Waals surface area contributed by atoms with Gasteiger partial charge in [0, 0.05) is 11.6 Å². The summed E-state index contributed by atoms with van der Waals surface area (Å²) in [5, 5.41) is 0. The molecule has 0 spiro atoms. The molecule has 120 valence electrons. The number of methoxy groups -OCH3 is 1. The molecule has 1 aliphatic heterocycles. The van der Waals surface area contributed by atoms with E-state index in [2.05, 4.69) is 31.2 Å². The molecule has 0 fully saturated rings. The number of benzene rings is 2. The third-order valence-corrected chi connectivity index (χ3v) is 3.93. The Morgan fingerprint density at radius 1 is 1.04 bits per heavy atom. The summed E-state index contributed by atoms with van der Waals surface area (Å²) >= 11 is 0. The first kappa shape index (κ1) is 15.5. The normalized spacial score (nSPS) is 12.9. The number of rotatable bonds is 6. The molecule has 0 saturated heterocycles. The van der Waals surface area contributed by atoms with Crippen LogP contribution in [0.5, 0.6) is 17.2 Å². The molecule has 0 unspecified atom stereocenters. The monoisotopic (exact) mass is 310 g/mol. The SMILES string of the molecule is CCCCOc1ccc2c(c1)OCC(c1ccc(OC)cc1)=C2. The molecule has 3 heteroatoms. The summed E-state index contributed by atoms with van der Waals surface area (Å²) < 4.78 is 16.9. The zero-order chi connectivity index (χ0) is 16.1. The standard InChI is InChI=1S/C20H22O3/c1-3-4-11-22-19-10-7-16-12-17(14-23-20(16)13-19)15-5-8-18(21-2)9-6-15/h5-10,12-13H,3-4,11,14H2,1-2H3. The summed E-state index contributed by atoms with van der Waals surface area (Å²) in [7, 11) is 1.68. The molecule has 0 radical (unpaired) electrons. The fourth-order valence-electron chi connectivity index (χ4n) is 2.54. The molecule has 0 N–H and O–H groups in total. The molecule has 0 saturated carbocycles. The maximum Gasteiger partial charge on any atom is 0.130 e. The van der Waals surface area contributed by atoms with Crippen LogP contribution in [0.1, 0.15) is 30.9 Å². The Morgan fingerprint density at radius 2 is 1.83 bits per heavy atom. The van der Waals surface area contributed by atoms with Crippen molar-refractivity contribution in [3.8, 4) is 17.2 Å². The fourth-order valence-corrected chi connectivity index (χ4v) is 2.54. The summed E-state index contributed by atoms with van der Waals surface area (Å²) in [6, 6.07) is 14.1. The highest BCUT2D eigenvalue weighted by Crippen LogP contribution is 2.33. The van der Waals surface area contributed by atoms with E-state index in [1.165, 1.54) is 5.57 Å². The summed E-state index contributed by atoms with van der Waals surface area (Å²) in [5.41, 5.74) is 3.41. The van der Waals surface area contributed by atoms with Crippen molar-refractivity contribution in [2.24, 2.45) is 0 Å². The van der Waals surface area contributed by atoms with Crippen LogP contribution >= 0.6 is 0 Å². The lowest BCUT2D eigenvalue weighted by atomic mass is 10.0. The van der Waals surface area contributed by atoms with Crippen molar-refractivity contribution in [1.29, 1.82) is 0 Å². The van der Waals surface area contributed by atoms with E-state index in [1.54, 1.807) is 7.11 Å². The smallest absolute Gasteiger partial charge is 0.130 e. The highest BCUT2D eigenvalue weighted by molar-refractivity contribution is 5.85. The van der Waals surface area contributed by atoms with Gasteiger partial charge < -0.3 is 14.2 Å². The van der Waals surface area contributed by atoms with Gasteiger partial charge in [-0.05, 0) is 47.9 Å². The van der Waals surface area contributed by atoms with Gasteiger partial charge in [-0.2, -0.15) is 0 Å². The molecule has 1 aliphatic rings. The van der Waals surface area contributed by atoms with Gasteiger partial charge in [-0.15, -0.1) is 0 Å². The summed E-state index contributed by atoms with van der Waals surface area (Å²) in [6.07, 6.45) is 4.38. The second kappa shape index (κ2) is 7.23. The second-order valence-corrected chi connectivity index (χ2v) is 5.59. The molecule has 1 heterocycles. The van der Waals surface area contributed by atoms with Crippen LogP contribution in [0.3, 0.4) is 0 Å². The number of fused-ring (bicyclic) bond motifs is 1. The topological polar surface area (TPSA) is 27.7 Å². The largest absolute Gasteiger partial charge is 0.497 e.